The molecule has 1 aromatic carbocycles. The molecular formula is C17H21N3O2S. The lowest BCUT2D eigenvalue weighted by Crippen LogP contribution is -2.14. The van der Waals surface area contributed by atoms with E-state index in [1.54, 1.807) is 29.8 Å². The Morgan fingerprint density at radius 2 is 2.04 bits per heavy atom. The number of benzene rings is 1. The Hall–Kier alpha value is -2.21. The monoisotopic (exact) mass is 331 g/mol. The minimum Gasteiger partial charge on any atom is -0.326 e. The largest absolute Gasteiger partial charge is 0.326 e. The van der Waals surface area contributed by atoms with Crippen LogP contribution in [0, 0.1) is 6.92 Å². The molecule has 5 nitrogen and oxygen atoms in total. The lowest BCUT2D eigenvalue weighted by molar-refractivity contribution is -0.116. The number of hydrogen-bond acceptors (Lipinski definition) is 4. The fraction of sp³-hybridized carbons (Fsp3) is 0.353. The molecule has 122 valence electrons. The fourth-order valence-corrected chi connectivity index (χ4v) is 2.67. The maximum absolute atomic E-state index is 12.1. The number of unbranched alkanes of at least 4 members (excludes halogenated alkanes) is 2. The van der Waals surface area contributed by atoms with Gasteiger partial charge >= 0.3 is 0 Å². The molecule has 0 saturated carbocycles. The van der Waals surface area contributed by atoms with Gasteiger partial charge in [0.15, 0.2) is 5.13 Å². The molecule has 0 spiro atoms. The zero-order valence-electron chi connectivity index (χ0n) is 13.4. The fourth-order valence-electron chi connectivity index (χ4n) is 2.15. The molecule has 0 aliphatic rings. The highest BCUT2D eigenvalue weighted by molar-refractivity contribution is 7.13. The van der Waals surface area contributed by atoms with Crippen molar-refractivity contribution >= 4 is 34.0 Å². The lowest BCUT2D eigenvalue weighted by atomic mass is 10.1. The molecule has 0 unspecified atom stereocenters. The van der Waals surface area contributed by atoms with Crippen LogP contribution in [0.5, 0.6) is 0 Å². The molecule has 0 bridgehead atoms. The van der Waals surface area contributed by atoms with Crippen LogP contribution in [0.1, 0.15) is 48.5 Å². The Bertz CT molecular complexity index is 668. The van der Waals surface area contributed by atoms with Crippen LogP contribution in [0.25, 0.3) is 0 Å². The number of aromatic nitrogens is 1. The number of anilines is 2. The second kappa shape index (κ2) is 8.43. The van der Waals surface area contributed by atoms with Gasteiger partial charge in [0, 0.05) is 29.2 Å². The number of thiazole rings is 1. The lowest BCUT2D eigenvalue weighted by Gasteiger charge is -2.10. The number of nitrogens with zero attached hydrogens (tertiary/aromatic N) is 1. The molecule has 23 heavy (non-hydrogen) atoms. The van der Waals surface area contributed by atoms with Gasteiger partial charge in [-0.05, 0) is 37.1 Å². The first kappa shape index (κ1) is 17.1. The van der Waals surface area contributed by atoms with Crippen LogP contribution in [-0.4, -0.2) is 16.8 Å². The highest BCUT2D eigenvalue weighted by Crippen LogP contribution is 2.19. The van der Waals surface area contributed by atoms with Gasteiger partial charge in [-0.2, -0.15) is 0 Å². The summed E-state index contributed by atoms with van der Waals surface area (Å²) in [7, 11) is 0. The van der Waals surface area contributed by atoms with Crippen molar-refractivity contribution in [1.29, 1.82) is 0 Å². The van der Waals surface area contributed by atoms with Gasteiger partial charge in [-0.25, -0.2) is 4.98 Å². The van der Waals surface area contributed by atoms with Crippen LogP contribution < -0.4 is 10.6 Å². The van der Waals surface area contributed by atoms with Gasteiger partial charge in [0.05, 0.1) is 0 Å². The number of aryl methyl sites for hydroxylation is 1. The average Bonchev–Trinajstić information content (AvgIpc) is 3.02. The number of nitrogens with one attached hydrogen (secondary N) is 2. The third kappa shape index (κ3) is 5.17. The van der Waals surface area contributed by atoms with E-state index in [-0.39, 0.29) is 11.8 Å². The molecule has 2 amide bonds. The van der Waals surface area contributed by atoms with Gasteiger partial charge in [-0.15, -0.1) is 11.3 Å². The molecule has 0 aliphatic carbocycles. The minimum atomic E-state index is -0.205. The van der Waals surface area contributed by atoms with E-state index in [0.717, 1.165) is 30.5 Å². The zero-order chi connectivity index (χ0) is 16.7. The van der Waals surface area contributed by atoms with Crippen molar-refractivity contribution in [2.24, 2.45) is 0 Å². The van der Waals surface area contributed by atoms with E-state index < -0.39 is 0 Å². The van der Waals surface area contributed by atoms with Crippen LogP contribution >= 0.6 is 11.3 Å². The molecule has 0 atom stereocenters. The zero-order valence-corrected chi connectivity index (χ0v) is 14.2. The summed E-state index contributed by atoms with van der Waals surface area (Å²) in [5.74, 6) is -0.189. The molecule has 2 rings (SSSR count). The second-order valence-corrected chi connectivity index (χ2v) is 6.22. The predicted octanol–water partition coefficient (Wildman–Crippen LogP) is 4.22. The first-order valence-electron chi connectivity index (χ1n) is 7.71. The van der Waals surface area contributed by atoms with Gasteiger partial charge in [0.2, 0.25) is 5.91 Å². The Kier molecular flexibility index (Phi) is 6.29. The van der Waals surface area contributed by atoms with Crippen molar-refractivity contribution in [1.82, 2.24) is 4.98 Å². The Labute approximate surface area is 140 Å². The summed E-state index contributed by atoms with van der Waals surface area (Å²) in [6.07, 6.45) is 5.22. The maximum Gasteiger partial charge on any atom is 0.257 e. The number of amides is 2. The van der Waals surface area contributed by atoms with Gasteiger partial charge in [-0.3, -0.25) is 14.9 Å². The summed E-state index contributed by atoms with van der Waals surface area (Å²) in [5.41, 5.74) is 2.15. The van der Waals surface area contributed by atoms with E-state index in [1.165, 1.54) is 11.3 Å². The van der Waals surface area contributed by atoms with Gasteiger partial charge in [0.1, 0.15) is 0 Å². The van der Waals surface area contributed by atoms with Crippen molar-refractivity contribution in [3.05, 3.63) is 40.9 Å². The molecule has 1 aromatic heterocycles. The second-order valence-electron chi connectivity index (χ2n) is 5.33. The topological polar surface area (TPSA) is 71.1 Å². The third-order valence-corrected chi connectivity index (χ3v) is 4.11. The molecular weight excluding hydrogens is 310 g/mol. The molecule has 2 aromatic rings. The number of carbonyl (C=O) groups excluding carboxylic acids is 2. The Morgan fingerprint density at radius 3 is 2.70 bits per heavy atom. The quantitative estimate of drug-likeness (QED) is 0.746. The first-order chi connectivity index (χ1) is 11.1. The highest BCUT2D eigenvalue weighted by atomic mass is 32.1. The number of carbonyl (C=O) groups is 2. The normalized spacial score (nSPS) is 10.3. The SMILES string of the molecule is CCCCCC(=O)Nc1ccc(C(=O)Nc2nccs2)cc1C. The minimum absolute atomic E-state index is 0.0153. The van der Waals surface area contributed by atoms with E-state index in [0.29, 0.717) is 17.1 Å². The van der Waals surface area contributed by atoms with E-state index in [1.807, 2.05) is 6.92 Å². The van der Waals surface area contributed by atoms with Gasteiger partial charge in [-0.1, -0.05) is 19.8 Å². The molecule has 6 heteroatoms. The number of rotatable bonds is 7. The highest BCUT2D eigenvalue weighted by Gasteiger charge is 2.10. The van der Waals surface area contributed by atoms with E-state index >= 15 is 0 Å². The average molecular weight is 331 g/mol. The number of hydrogen-bond donors (Lipinski definition) is 2. The van der Waals surface area contributed by atoms with E-state index in [9.17, 15) is 9.59 Å². The Balaban J connectivity index is 1.97. The molecule has 0 fully saturated rings. The smallest absolute Gasteiger partial charge is 0.257 e. The molecule has 1 heterocycles. The standard InChI is InChI=1S/C17H21N3O2S/c1-3-4-5-6-15(21)19-14-8-7-13(11-12(14)2)16(22)20-17-18-9-10-23-17/h7-11H,3-6H2,1-2H3,(H,19,21)(H,18,20,22). The molecule has 0 radical (unpaired) electrons. The predicted molar refractivity (Wildman–Crippen MR) is 94.0 cm³/mol. The van der Waals surface area contributed by atoms with Gasteiger partial charge in [0.25, 0.3) is 5.91 Å². The van der Waals surface area contributed by atoms with Crippen molar-refractivity contribution in [2.45, 2.75) is 39.5 Å². The summed E-state index contributed by atoms with van der Waals surface area (Å²) in [4.78, 5) is 28.0. The summed E-state index contributed by atoms with van der Waals surface area (Å²) in [5, 5.41) is 8.01. The van der Waals surface area contributed by atoms with Crippen LogP contribution in [-0.2, 0) is 4.79 Å². The van der Waals surface area contributed by atoms with Crippen LogP contribution in [0.4, 0.5) is 10.8 Å². The molecule has 2 N–H and O–H groups in total. The maximum atomic E-state index is 12.1. The van der Waals surface area contributed by atoms with E-state index in [2.05, 4.69) is 22.5 Å². The van der Waals surface area contributed by atoms with Crippen LogP contribution in [0.15, 0.2) is 29.8 Å². The van der Waals surface area contributed by atoms with Crippen LogP contribution in [0.3, 0.4) is 0 Å². The van der Waals surface area contributed by atoms with Crippen LogP contribution in [0.2, 0.25) is 0 Å². The molecule has 0 saturated heterocycles. The summed E-state index contributed by atoms with van der Waals surface area (Å²) < 4.78 is 0. The van der Waals surface area contributed by atoms with Crippen molar-refractivity contribution in [2.75, 3.05) is 10.6 Å². The summed E-state index contributed by atoms with van der Waals surface area (Å²) >= 11 is 1.37. The third-order valence-electron chi connectivity index (χ3n) is 3.42. The molecule has 0 aliphatic heterocycles. The van der Waals surface area contributed by atoms with Crippen molar-refractivity contribution in [3.8, 4) is 0 Å². The van der Waals surface area contributed by atoms with Crippen molar-refractivity contribution in [3.63, 3.8) is 0 Å². The Morgan fingerprint density at radius 1 is 1.22 bits per heavy atom. The van der Waals surface area contributed by atoms with E-state index in [4.69, 9.17) is 0 Å². The van der Waals surface area contributed by atoms with Gasteiger partial charge < -0.3 is 5.32 Å². The van der Waals surface area contributed by atoms with Crippen molar-refractivity contribution < 1.29 is 9.59 Å². The summed E-state index contributed by atoms with van der Waals surface area (Å²) in [6, 6.07) is 5.24. The summed E-state index contributed by atoms with van der Waals surface area (Å²) in [6.45, 7) is 3.99. The first-order valence-corrected chi connectivity index (χ1v) is 8.59.